The van der Waals surface area contributed by atoms with E-state index in [1.165, 1.54) is 0 Å². The summed E-state index contributed by atoms with van der Waals surface area (Å²) in [5, 5.41) is 7.86. The number of hydrogen-bond donors (Lipinski definition) is 2. The van der Waals surface area contributed by atoms with Crippen molar-refractivity contribution in [3.8, 4) is 0 Å². The number of carbonyl (C=O) groups is 1. The number of rotatable bonds is 3. The number of urea groups is 1. The number of thiophene rings is 1. The van der Waals surface area contributed by atoms with Crippen LogP contribution in [0.5, 0.6) is 0 Å². The van der Waals surface area contributed by atoms with E-state index < -0.39 is 0 Å². The molecule has 20 heavy (non-hydrogen) atoms. The van der Waals surface area contributed by atoms with Gasteiger partial charge >= 0.3 is 6.03 Å². The number of carbonyl (C=O) groups excluding carboxylic acids is 1. The Kier molecular flexibility index (Phi) is 4.39. The minimum atomic E-state index is -0.216. The molecule has 0 aromatic carbocycles. The number of hydrogen-bond acceptors (Lipinski definition) is 3. The molecule has 0 saturated carbocycles. The molecule has 0 saturated heterocycles. The van der Waals surface area contributed by atoms with Crippen LogP contribution in [0.2, 0.25) is 0 Å². The molecule has 5 heteroatoms. The molecule has 2 amide bonds. The number of amides is 2. The van der Waals surface area contributed by atoms with Gasteiger partial charge in [0.25, 0.3) is 0 Å². The van der Waals surface area contributed by atoms with E-state index in [9.17, 15) is 4.79 Å². The first-order chi connectivity index (χ1) is 9.47. The third kappa shape index (κ3) is 3.81. The third-order valence-corrected chi connectivity index (χ3v) is 3.83. The molecule has 0 aliphatic rings. The van der Waals surface area contributed by atoms with Crippen LogP contribution in [-0.2, 0) is 0 Å². The number of pyridine rings is 1. The summed E-state index contributed by atoms with van der Waals surface area (Å²) in [5.74, 6) is 0. The second kappa shape index (κ2) is 6.05. The van der Waals surface area contributed by atoms with E-state index in [1.54, 1.807) is 29.8 Å². The lowest BCUT2D eigenvalue weighted by molar-refractivity contribution is 0.230. The van der Waals surface area contributed by atoms with Crippen LogP contribution in [0.1, 0.15) is 31.7 Å². The Hall–Kier alpha value is -1.88. The first-order valence-electron chi connectivity index (χ1n) is 6.48. The molecule has 2 rings (SSSR count). The van der Waals surface area contributed by atoms with Gasteiger partial charge in [-0.05, 0) is 29.0 Å². The minimum absolute atomic E-state index is 0.0285. The Morgan fingerprint density at radius 1 is 1.30 bits per heavy atom. The second-order valence-electron chi connectivity index (χ2n) is 5.65. The van der Waals surface area contributed by atoms with Crippen LogP contribution in [0.15, 0.2) is 42.0 Å². The average molecular weight is 289 g/mol. The minimum Gasteiger partial charge on any atom is -0.330 e. The second-order valence-corrected chi connectivity index (χ2v) is 6.63. The molecule has 0 spiro atoms. The summed E-state index contributed by atoms with van der Waals surface area (Å²) in [6, 6.07) is 7.40. The SMILES string of the molecule is CC(C)(C)C(NC(=O)Nc1cccnc1)c1cccs1. The molecular weight excluding hydrogens is 270 g/mol. The lowest BCUT2D eigenvalue weighted by Crippen LogP contribution is -2.38. The molecule has 0 radical (unpaired) electrons. The fraction of sp³-hybridized carbons (Fsp3) is 0.333. The van der Waals surface area contributed by atoms with E-state index in [4.69, 9.17) is 0 Å². The fourth-order valence-corrected chi connectivity index (χ4v) is 2.92. The average Bonchev–Trinajstić information content (AvgIpc) is 2.89. The maximum Gasteiger partial charge on any atom is 0.319 e. The Bertz CT molecular complexity index is 546. The predicted octanol–water partition coefficient (Wildman–Crippen LogP) is 4.05. The van der Waals surface area contributed by atoms with Gasteiger partial charge in [-0.3, -0.25) is 4.98 Å². The lowest BCUT2D eigenvalue weighted by atomic mass is 9.86. The maximum absolute atomic E-state index is 12.1. The molecule has 0 fully saturated rings. The van der Waals surface area contributed by atoms with Crippen molar-refractivity contribution < 1.29 is 4.79 Å². The van der Waals surface area contributed by atoms with Crippen LogP contribution < -0.4 is 10.6 Å². The zero-order valence-electron chi connectivity index (χ0n) is 11.9. The van der Waals surface area contributed by atoms with Crippen molar-refractivity contribution in [3.63, 3.8) is 0 Å². The molecule has 0 bridgehead atoms. The number of nitrogens with zero attached hydrogens (tertiary/aromatic N) is 1. The molecule has 1 atom stereocenters. The van der Waals surface area contributed by atoms with Crippen LogP contribution in [0.4, 0.5) is 10.5 Å². The van der Waals surface area contributed by atoms with Crippen molar-refractivity contribution in [2.45, 2.75) is 26.8 Å². The maximum atomic E-state index is 12.1. The Balaban J connectivity index is 2.07. The van der Waals surface area contributed by atoms with Crippen molar-refractivity contribution >= 4 is 23.1 Å². The van der Waals surface area contributed by atoms with E-state index in [-0.39, 0.29) is 17.5 Å². The van der Waals surface area contributed by atoms with Gasteiger partial charge in [0, 0.05) is 11.1 Å². The highest BCUT2D eigenvalue weighted by Crippen LogP contribution is 2.35. The van der Waals surface area contributed by atoms with Crippen molar-refractivity contribution in [1.82, 2.24) is 10.3 Å². The highest BCUT2D eigenvalue weighted by molar-refractivity contribution is 7.10. The summed E-state index contributed by atoms with van der Waals surface area (Å²) in [4.78, 5) is 17.2. The number of nitrogens with one attached hydrogen (secondary N) is 2. The Morgan fingerprint density at radius 2 is 2.10 bits per heavy atom. The van der Waals surface area contributed by atoms with Gasteiger partial charge in [0.15, 0.2) is 0 Å². The molecule has 0 aliphatic carbocycles. The number of aromatic nitrogens is 1. The molecule has 106 valence electrons. The van der Waals surface area contributed by atoms with Crippen molar-refractivity contribution in [1.29, 1.82) is 0 Å². The Morgan fingerprint density at radius 3 is 2.65 bits per heavy atom. The molecule has 2 N–H and O–H groups in total. The molecule has 2 aromatic heterocycles. The summed E-state index contributed by atoms with van der Waals surface area (Å²) < 4.78 is 0. The standard InChI is InChI=1S/C15H19N3OS/c1-15(2,3)13(12-7-5-9-20-12)18-14(19)17-11-6-4-8-16-10-11/h4-10,13H,1-3H3,(H2,17,18,19). The van der Waals surface area contributed by atoms with Gasteiger partial charge in [0.05, 0.1) is 17.9 Å². The van der Waals surface area contributed by atoms with E-state index in [0.29, 0.717) is 5.69 Å². The van der Waals surface area contributed by atoms with Crippen molar-refractivity contribution in [2.24, 2.45) is 5.41 Å². The van der Waals surface area contributed by atoms with Gasteiger partial charge in [0.2, 0.25) is 0 Å². The summed E-state index contributed by atoms with van der Waals surface area (Å²) in [6.45, 7) is 6.34. The molecule has 2 aromatic rings. The zero-order valence-corrected chi connectivity index (χ0v) is 12.7. The normalized spacial score (nSPS) is 12.8. The summed E-state index contributed by atoms with van der Waals surface area (Å²) >= 11 is 1.65. The summed E-state index contributed by atoms with van der Waals surface area (Å²) in [5.41, 5.74) is 0.626. The molecule has 2 heterocycles. The van der Waals surface area contributed by atoms with E-state index >= 15 is 0 Å². The topological polar surface area (TPSA) is 54.0 Å². The fourth-order valence-electron chi connectivity index (χ4n) is 1.90. The molecule has 4 nitrogen and oxygen atoms in total. The van der Waals surface area contributed by atoms with E-state index in [0.717, 1.165) is 4.88 Å². The van der Waals surface area contributed by atoms with Crippen LogP contribution in [0, 0.1) is 5.41 Å². The van der Waals surface area contributed by atoms with Crippen LogP contribution >= 0.6 is 11.3 Å². The highest BCUT2D eigenvalue weighted by atomic mass is 32.1. The summed E-state index contributed by atoms with van der Waals surface area (Å²) in [6.07, 6.45) is 3.30. The van der Waals surface area contributed by atoms with Gasteiger partial charge in [-0.2, -0.15) is 0 Å². The largest absolute Gasteiger partial charge is 0.330 e. The molecule has 0 aliphatic heterocycles. The number of anilines is 1. The quantitative estimate of drug-likeness (QED) is 0.895. The smallest absolute Gasteiger partial charge is 0.319 e. The Labute approximate surface area is 123 Å². The van der Waals surface area contributed by atoms with Crippen LogP contribution in [-0.4, -0.2) is 11.0 Å². The summed E-state index contributed by atoms with van der Waals surface area (Å²) in [7, 11) is 0. The highest BCUT2D eigenvalue weighted by Gasteiger charge is 2.28. The van der Waals surface area contributed by atoms with E-state index in [2.05, 4.69) is 36.4 Å². The zero-order chi connectivity index (χ0) is 14.6. The van der Waals surface area contributed by atoms with Crippen molar-refractivity contribution in [3.05, 3.63) is 46.9 Å². The van der Waals surface area contributed by atoms with Crippen LogP contribution in [0.3, 0.4) is 0 Å². The monoisotopic (exact) mass is 289 g/mol. The molecular formula is C15H19N3OS. The first-order valence-corrected chi connectivity index (χ1v) is 7.36. The van der Waals surface area contributed by atoms with Gasteiger partial charge in [-0.1, -0.05) is 26.8 Å². The van der Waals surface area contributed by atoms with Crippen molar-refractivity contribution in [2.75, 3.05) is 5.32 Å². The van der Waals surface area contributed by atoms with Gasteiger partial charge in [-0.15, -0.1) is 11.3 Å². The predicted molar refractivity (Wildman–Crippen MR) is 82.9 cm³/mol. The third-order valence-electron chi connectivity index (χ3n) is 2.89. The van der Waals surface area contributed by atoms with Crippen LogP contribution in [0.25, 0.3) is 0 Å². The van der Waals surface area contributed by atoms with E-state index in [1.807, 2.05) is 23.6 Å². The van der Waals surface area contributed by atoms with Gasteiger partial charge < -0.3 is 10.6 Å². The van der Waals surface area contributed by atoms with Gasteiger partial charge in [0.1, 0.15) is 0 Å². The lowest BCUT2D eigenvalue weighted by Gasteiger charge is -2.30. The molecule has 1 unspecified atom stereocenters. The first kappa shape index (κ1) is 14.5. The van der Waals surface area contributed by atoms with Gasteiger partial charge in [-0.25, -0.2) is 4.79 Å².